The summed E-state index contributed by atoms with van der Waals surface area (Å²) in [6.45, 7) is 6.27. The summed E-state index contributed by atoms with van der Waals surface area (Å²) in [5.41, 5.74) is -0.688. The highest BCUT2D eigenvalue weighted by Crippen LogP contribution is 2.32. The van der Waals surface area contributed by atoms with Crippen molar-refractivity contribution in [3.05, 3.63) is 0 Å². The second-order valence-electron chi connectivity index (χ2n) is 6.88. The Morgan fingerprint density at radius 3 is 2.27 bits per heavy atom. The van der Waals surface area contributed by atoms with Gasteiger partial charge in [-0.25, -0.2) is 18.4 Å². The van der Waals surface area contributed by atoms with E-state index in [1.54, 1.807) is 20.8 Å². The van der Waals surface area contributed by atoms with E-state index in [-0.39, 0.29) is 25.3 Å². The summed E-state index contributed by atoms with van der Waals surface area (Å²) in [4.78, 5) is 25.3. The zero-order chi connectivity index (χ0) is 17.1. The average Bonchev–Trinajstić information content (AvgIpc) is 2.77. The summed E-state index contributed by atoms with van der Waals surface area (Å²) in [7, 11) is 1.24. The van der Waals surface area contributed by atoms with Crippen LogP contribution in [0, 0.1) is 5.92 Å². The lowest BCUT2D eigenvalue weighted by Gasteiger charge is -2.27. The Hall–Kier alpha value is -1.40. The number of esters is 1. The number of alkyl halides is 2. The molecule has 1 fully saturated rings. The van der Waals surface area contributed by atoms with Crippen molar-refractivity contribution in [1.29, 1.82) is 0 Å². The van der Waals surface area contributed by atoms with Gasteiger partial charge in [0.2, 0.25) is 5.92 Å². The Balaban J connectivity index is 2.75. The largest absolute Gasteiger partial charge is 0.467 e. The fraction of sp³-hybridized carbons (Fsp3) is 0.867. The van der Waals surface area contributed by atoms with Crippen molar-refractivity contribution in [2.24, 2.45) is 5.92 Å². The first-order valence-corrected chi connectivity index (χ1v) is 7.38. The van der Waals surface area contributed by atoms with E-state index in [0.29, 0.717) is 6.42 Å². The highest BCUT2D eigenvalue weighted by molar-refractivity contribution is 5.82. The van der Waals surface area contributed by atoms with Crippen LogP contribution in [0.1, 0.15) is 47.0 Å². The molecule has 2 atom stereocenters. The van der Waals surface area contributed by atoms with Crippen LogP contribution in [-0.2, 0) is 14.3 Å². The molecule has 0 spiro atoms. The zero-order valence-corrected chi connectivity index (χ0v) is 13.8. The Morgan fingerprint density at radius 2 is 1.82 bits per heavy atom. The molecule has 0 saturated carbocycles. The number of nitrogens with zero attached hydrogens (tertiary/aromatic N) is 1. The van der Waals surface area contributed by atoms with Gasteiger partial charge in [-0.3, -0.25) is 4.90 Å². The second kappa shape index (κ2) is 6.79. The molecule has 1 heterocycles. The number of amides is 1. The van der Waals surface area contributed by atoms with E-state index in [1.165, 1.54) is 12.0 Å². The fourth-order valence-electron chi connectivity index (χ4n) is 2.47. The van der Waals surface area contributed by atoms with Gasteiger partial charge < -0.3 is 9.47 Å². The van der Waals surface area contributed by atoms with Crippen molar-refractivity contribution >= 4 is 12.1 Å². The smallest absolute Gasteiger partial charge is 0.411 e. The van der Waals surface area contributed by atoms with Crippen LogP contribution in [0.5, 0.6) is 0 Å². The summed E-state index contributed by atoms with van der Waals surface area (Å²) in [5.74, 6) is -3.46. The number of carbonyl (C=O) groups excluding carboxylic acids is 2. The first-order valence-electron chi connectivity index (χ1n) is 7.38. The molecule has 0 bridgehead atoms. The summed E-state index contributed by atoms with van der Waals surface area (Å²) >= 11 is 0. The van der Waals surface area contributed by atoms with Crippen LogP contribution < -0.4 is 0 Å². The van der Waals surface area contributed by atoms with Crippen molar-refractivity contribution in [3.8, 4) is 0 Å². The quantitative estimate of drug-likeness (QED) is 0.746. The van der Waals surface area contributed by atoms with Crippen molar-refractivity contribution in [3.63, 3.8) is 0 Å². The second-order valence-corrected chi connectivity index (χ2v) is 6.88. The molecule has 7 heteroatoms. The Bertz CT molecular complexity index is 415. The van der Waals surface area contributed by atoms with E-state index in [1.807, 2.05) is 0 Å². The molecular weight excluding hydrogens is 296 g/mol. The standard InChI is InChI=1S/C15H25F2NO4/c1-14(2,3)22-13(20)18-9-10(6-7-15(4,16)17)8-11(18)12(19)21-5/h10-11H,6-9H2,1-5H3. The van der Waals surface area contributed by atoms with Crippen LogP contribution in [0.4, 0.5) is 13.6 Å². The minimum atomic E-state index is -2.75. The van der Waals surface area contributed by atoms with Crippen molar-refractivity contribution in [2.75, 3.05) is 13.7 Å². The molecule has 1 amide bonds. The van der Waals surface area contributed by atoms with Crippen LogP contribution in [-0.4, -0.2) is 48.2 Å². The van der Waals surface area contributed by atoms with E-state index in [9.17, 15) is 18.4 Å². The third-order valence-electron chi connectivity index (χ3n) is 3.48. The molecule has 1 aliphatic rings. The number of halogens is 2. The number of carbonyl (C=O) groups is 2. The van der Waals surface area contributed by atoms with Gasteiger partial charge in [0, 0.05) is 13.0 Å². The number of ether oxygens (including phenoxy) is 2. The molecule has 0 aromatic rings. The van der Waals surface area contributed by atoms with Gasteiger partial charge in [-0.05, 0) is 46.5 Å². The van der Waals surface area contributed by atoms with Crippen molar-refractivity contribution in [1.82, 2.24) is 4.90 Å². The van der Waals surface area contributed by atoms with Crippen LogP contribution in [0.3, 0.4) is 0 Å². The third-order valence-corrected chi connectivity index (χ3v) is 3.48. The van der Waals surface area contributed by atoms with E-state index in [0.717, 1.165) is 6.92 Å². The summed E-state index contributed by atoms with van der Waals surface area (Å²) in [6.07, 6.45) is -0.319. The van der Waals surface area contributed by atoms with Gasteiger partial charge in [-0.15, -0.1) is 0 Å². The predicted octanol–water partition coefficient (Wildman–Crippen LogP) is 3.22. The van der Waals surface area contributed by atoms with Gasteiger partial charge in [-0.2, -0.15) is 0 Å². The summed E-state index contributed by atoms with van der Waals surface area (Å²) in [5, 5.41) is 0. The first kappa shape index (κ1) is 18.6. The number of likely N-dealkylation sites (tertiary alicyclic amines) is 1. The van der Waals surface area contributed by atoms with Gasteiger partial charge in [0.15, 0.2) is 0 Å². The summed E-state index contributed by atoms with van der Waals surface area (Å²) in [6, 6.07) is -0.768. The van der Waals surface area contributed by atoms with E-state index in [4.69, 9.17) is 9.47 Å². The lowest BCUT2D eigenvalue weighted by Crippen LogP contribution is -2.43. The molecule has 5 nitrogen and oxygen atoms in total. The molecule has 128 valence electrons. The van der Waals surface area contributed by atoms with Crippen LogP contribution in [0.25, 0.3) is 0 Å². The van der Waals surface area contributed by atoms with Crippen LogP contribution >= 0.6 is 0 Å². The Kier molecular flexibility index (Phi) is 5.76. The molecule has 0 N–H and O–H groups in total. The third kappa shape index (κ3) is 5.77. The predicted molar refractivity (Wildman–Crippen MR) is 76.7 cm³/mol. The Labute approximate surface area is 129 Å². The molecule has 22 heavy (non-hydrogen) atoms. The van der Waals surface area contributed by atoms with Gasteiger partial charge in [0.25, 0.3) is 0 Å². The maximum absolute atomic E-state index is 13.0. The van der Waals surface area contributed by atoms with E-state index in [2.05, 4.69) is 0 Å². The summed E-state index contributed by atoms with van der Waals surface area (Å²) < 4.78 is 35.9. The first-order chi connectivity index (χ1) is 9.93. The molecule has 0 aromatic heterocycles. The zero-order valence-electron chi connectivity index (χ0n) is 13.8. The highest BCUT2D eigenvalue weighted by atomic mass is 19.3. The highest BCUT2D eigenvalue weighted by Gasteiger charge is 2.42. The molecule has 1 aliphatic heterocycles. The lowest BCUT2D eigenvalue weighted by molar-refractivity contribution is -0.145. The number of rotatable bonds is 4. The maximum Gasteiger partial charge on any atom is 0.411 e. The van der Waals surface area contributed by atoms with Crippen LogP contribution in [0.15, 0.2) is 0 Å². The van der Waals surface area contributed by atoms with Gasteiger partial charge in [-0.1, -0.05) is 0 Å². The molecule has 0 aliphatic carbocycles. The minimum absolute atomic E-state index is 0.164. The molecule has 0 aromatic carbocycles. The molecule has 1 saturated heterocycles. The molecule has 0 radical (unpaired) electrons. The van der Waals surface area contributed by atoms with E-state index >= 15 is 0 Å². The SMILES string of the molecule is COC(=O)C1CC(CCC(C)(F)F)CN1C(=O)OC(C)(C)C. The number of hydrogen-bond donors (Lipinski definition) is 0. The lowest BCUT2D eigenvalue weighted by atomic mass is 9.98. The average molecular weight is 321 g/mol. The topological polar surface area (TPSA) is 55.8 Å². The van der Waals surface area contributed by atoms with Gasteiger partial charge >= 0.3 is 12.1 Å². The van der Waals surface area contributed by atoms with Crippen LogP contribution in [0.2, 0.25) is 0 Å². The normalized spacial score (nSPS) is 22.6. The molecular formula is C15H25F2NO4. The Morgan fingerprint density at radius 1 is 1.23 bits per heavy atom. The molecule has 2 unspecified atom stereocenters. The van der Waals surface area contributed by atoms with Gasteiger partial charge in [0.05, 0.1) is 7.11 Å². The van der Waals surface area contributed by atoms with Gasteiger partial charge in [0.1, 0.15) is 11.6 Å². The van der Waals surface area contributed by atoms with E-state index < -0.39 is 29.6 Å². The van der Waals surface area contributed by atoms with Crippen molar-refractivity contribution < 1.29 is 27.8 Å². The molecule has 1 rings (SSSR count). The monoisotopic (exact) mass is 321 g/mol. The number of hydrogen-bond acceptors (Lipinski definition) is 4. The number of methoxy groups -OCH3 is 1. The van der Waals surface area contributed by atoms with Crippen molar-refractivity contribution in [2.45, 2.75) is 64.5 Å². The maximum atomic E-state index is 13.0. The minimum Gasteiger partial charge on any atom is -0.467 e. The fourth-order valence-corrected chi connectivity index (χ4v) is 2.47.